The smallest absolute Gasteiger partial charge is 0.362 e. The first-order chi connectivity index (χ1) is 30.6. The number of carbonyl (C=O) groups excluding carboxylic acids is 2. The third-order valence-electron chi connectivity index (χ3n) is 11.5. The summed E-state index contributed by atoms with van der Waals surface area (Å²) in [5, 5.41) is 9.65. The average molecular weight is 885 g/mol. The molecule has 0 rings (SSSR count). The lowest BCUT2D eigenvalue weighted by atomic mass is 10.0. The zero-order chi connectivity index (χ0) is 46.3. The molecule has 0 fully saturated rings. The maximum absolute atomic E-state index is 12.8. The number of ether oxygens (including phenoxy) is 3. The summed E-state index contributed by atoms with van der Waals surface area (Å²) >= 11 is 0. The molecule has 2 unspecified atom stereocenters. The number of allylic oxidation sites excluding steroid dienone is 10. The second-order valence-electron chi connectivity index (χ2n) is 18.6. The third kappa shape index (κ3) is 44.0. The van der Waals surface area contributed by atoms with Gasteiger partial charge in [-0.25, -0.2) is 4.79 Å². The molecule has 0 bridgehead atoms. The first-order valence-electron chi connectivity index (χ1n) is 25.9. The standard InChI is InChI=1S/C55H97NO7/c1-6-8-10-12-14-16-18-20-22-24-26-27-28-30-31-33-35-37-39-41-43-45-53(57)62-50-51(49-61-48-47-52(55(59)60)56(3,4)5)63-54(58)46-44-42-40-38-36-34-32-29-25-23-21-19-17-15-13-11-9-7-2/h11,13,15,17,19,21,23,25,29,32,51-52H,6-10,12,14,16,18,20,22,24,26-28,30-31,33-50H2,1-5H3/p+1/b13-11+,17-15+,21-19+,25-23+,32-29+. The van der Waals surface area contributed by atoms with Crippen LogP contribution in [0.2, 0.25) is 0 Å². The Hall–Kier alpha value is -2.97. The number of aliphatic carboxylic acids is 1. The molecule has 0 aliphatic carbocycles. The van der Waals surface area contributed by atoms with Gasteiger partial charge in [-0.3, -0.25) is 9.59 Å². The van der Waals surface area contributed by atoms with E-state index in [4.69, 9.17) is 14.2 Å². The second-order valence-corrected chi connectivity index (χ2v) is 18.6. The van der Waals surface area contributed by atoms with Gasteiger partial charge < -0.3 is 23.8 Å². The lowest BCUT2D eigenvalue weighted by Gasteiger charge is -2.31. The van der Waals surface area contributed by atoms with E-state index >= 15 is 0 Å². The van der Waals surface area contributed by atoms with Gasteiger partial charge in [0.1, 0.15) is 6.61 Å². The monoisotopic (exact) mass is 885 g/mol. The van der Waals surface area contributed by atoms with E-state index in [-0.39, 0.29) is 36.2 Å². The molecule has 8 nitrogen and oxygen atoms in total. The molecule has 0 saturated heterocycles. The van der Waals surface area contributed by atoms with Gasteiger partial charge in [0.15, 0.2) is 12.1 Å². The second kappa shape index (κ2) is 45.6. The molecule has 8 heteroatoms. The number of carboxylic acid groups (broad SMARTS) is 1. The van der Waals surface area contributed by atoms with Gasteiger partial charge >= 0.3 is 17.9 Å². The van der Waals surface area contributed by atoms with Gasteiger partial charge in [-0.1, -0.05) is 229 Å². The van der Waals surface area contributed by atoms with Crippen LogP contribution in [0.4, 0.5) is 0 Å². The molecule has 1 N–H and O–H groups in total. The number of unbranched alkanes of at least 4 members (excludes halogenated alkanes) is 26. The Balaban J connectivity index is 4.26. The first kappa shape index (κ1) is 60.0. The van der Waals surface area contributed by atoms with Gasteiger partial charge in [0.25, 0.3) is 0 Å². The van der Waals surface area contributed by atoms with Gasteiger partial charge in [0.2, 0.25) is 0 Å². The number of likely N-dealkylation sites (N-methyl/N-ethyl adjacent to an activating group) is 1. The van der Waals surface area contributed by atoms with E-state index in [1.807, 2.05) is 57.6 Å². The number of nitrogens with zero attached hydrogens (tertiary/aromatic N) is 1. The minimum absolute atomic E-state index is 0.0502. The zero-order valence-electron chi connectivity index (χ0n) is 41.5. The maximum Gasteiger partial charge on any atom is 0.362 e. The molecular formula is C55H98NO7+. The topological polar surface area (TPSA) is 99.1 Å². The maximum atomic E-state index is 12.8. The Labute approximate surface area is 388 Å². The quantitative estimate of drug-likeness (QED) is 0.0281. The summed E-state index contributed by atoms with van der Waals surface area (Å²) in [6.07, 6.45) is 57.0. The molecule has 0 radical (unpaired) electrons. The van der Waals surface area contributed by atoms with Crippen molar-refractivity contribution < 1.29 is 38.2 Å². The Morgan fingerprint density at radius 1 is 0.476 bits per heavy atom. The Bertz CT molecular complexity index is 1210. The molecule has 0 amide bonds. The van der Waals surface area contributed by atoms with Crippen LogP contribution in [0.3, 0.4) is 0 Å². The van der Waals surface area contributed by atoms with Crippen LogP contribution < -0.4 is 0 Å². The highest BCUT2D eigenvalue weighted by molar-refractivity contribution is 5.72. The molecule has 0 aromatic rings. The summed E-state index contributed by atoms with van der Waals surface area (Å²) in [6, 6.07) is -0.622. The van der Waals surface area contributed by atoms with Gasteiger partial charge in [-0.05, 0) is 32.1 Å². The fourth-order valence-corrected chi connectivity index (χ4v) is 7.54. The number of carbonyl (C=O) groups is 3. The molecule has 63 heavy (non-hydrogen) atoms. The fraction of sp³-hybridized carbons (Fsp3) is 0.764. The highest BCUT2D eigenvalue weighted by atomic mass is 16.6. The van der Waals surface area contributed by atoms with Crippen LogP contribution in [-0.4, -0.2) is 80.6 Å². The Kier molecular flexibility index (Phi) is 43.4. The predicted molar refractivity (Wildman–Crippen MR) is 266 cm³/mol. The van der Waals surface area contributed by atoms with Gasteiger partial charge in [-0.15, -0.1) is 0 Å². The van der Waals surface area contributed by atoms with Crippen molar-refractivity contribution in [3.05, 3.63) is 60.8 Å². The summed E-state index contributed by atoms with van der Waals surface area (Å²) < 4.78 is 17.3. The number of carboxylic acids is 1. The van der Waals surface area contributed by atoms with Gasteiger partial charge in [0, 0.05) is 19.3 Å². The van der Waals surface area contributed by atoms with Crippen molar-refractivity contribution in [1.82, 2.24) is 0 Å². The molecular weight excluding hydrogens is 787 g/mol. The van der Waals surface area contributed by atoms with Crippen molar-refractivity contribution in [2.45, 2.75) is 231 Å². The van der Waals surface area contributed by atoms with E-state index in [2.05, 4.69) is 38.2 Å². The van der Waals surface area contributed by atoms with E-state index in [9.17, 15) is 19.5 Å². The van der Waals surface area contributed by atoms with Crippen molar-refractivity contribution in [1.29, 1.82) is 0 Å². The Morgan fingerprint density at radius 2 is 0.873 bits per heavy atom. The molecule has 0 aromatic heterocycles. The lowest BCUT2D eigenvalue weighted by molar-refractivity contribution is -0.887. The number of quaternary nitrogens is 1. The highest BCUT2D eigenvalue weighted by Gasteiger charge is 2.31. The minimum Gasteiger partial charge on any atom is -0.477 e. The predicted octanol–water partition coefficient (Wildman–Crippen LogP) is 14.9. The summed E-state index contributed by atoms with van der Waals surface area (Å²) in [5.41, 5.74) is 0. The van der Waals surface area contributed by atoms with Crippen molar-refractivity contribution in [2.24, 2.45) is 0 Å². The first-order valence-corrected chi connectivity index (χ1v) is 25.9. The average Bonchev–Trinajstić information content (AvgIpc) is 3.24. The van der Waals surface area contributed by atoms with Crippen LogP contribution in [0.25, 0.3) is 0 Å². The van der Waals surface area contributed by atoms with Gasteiger partial charge in [0.05, 0.1) is 34.4 Å². The largest absolute Gasteiger partial charge is 0.477 e. The van der Waals surface area contributed by atoms with Crippen LogP contribution in [0.5, 0.6) is 0 Å². The third-order valence-corrected chi connectivity index (χ3v) is 11.5. The van der Waals surface area contributed by atoms with Crippen molar-refractivity contribution >= 4 is 17.9 Å². The van der Waals surface area contributed by atoms with Crippen LogP contribution in [-0.2, 0) is 28.6 Å². The summed E-state index contributed by atoms with van der Waals surface area (Å²) in [7, 11) is 5.52. The molecule has 0 aliphatic rings. The van der Waals surface area contributed by atoms with E-state index in [1.165, 1.54) is 122 Å². The van der Waals surface area contributed by atoms with E-state index < -0.39 is 18.1 Å². The SMILES string of the molecule is CCC/C=C/C=C/C=C/C=C/C=C/CCCCCCCC(=O)OC(COCCC(C(=O)O)[N+](C)(C)C)COC(=O)CCCCCCCCCCCCCCCCCCCCCCC. The zero-order valence-corrected chi connectivity index (χ0v) is 41.5. The van der Waals surface area contributed by atoms with E-state index in [1.54, 1.807) is 0 Å². The molecule has 0 aliphatic heterocycles. The fourth-order valence-electron chi connectivity index (χ4n) is 7.54. The normalized spacial score (nSPS) is 13.3. The Morgan fingerprint density at radius 3 is 1.30 bits per heavy atom. The van der Waals surface area contributed by atoms with Crippen LogP contribution >= 0.6 is 0 Å². The van der Waals surface area contributed by atoms with Crippen molar-refractivity contribution in [3.63, 3.8) is 0 Å². The summed E-state index contributed by atoms with van der Waals surface area (Å²) in [4.78, 5) is 37.2. The van der Waals surface area contributed by atoms with Gasteiger partial charge in [-0.2, -0.15) is 0 Å². The molecule has 0 aromatic carbocycles. The number of esters is 2. The minimum atomic E-state index is -0.879. The molecule has 0 saturated carbocycles. The van der Waals surface area contributed by atoms with Crippen LogP contribution in [0.1, 0.15) is 219 Å². The molecule has 0 spiro atoms. The number of rotatable bonds is 46. The lowest BCUT2D eigenvalue weighted by Crippen LogP contribution is -2.50. The van der Waals surface area contributed by atoms with Crippen molar-refractivity contribution in [2.75, 3.05) is 41.0 Å². The summed E-state index contributed by atoms with van der Waals surface area (Å²) in [6.45, 7) is 4.65. The molecule has 2 atom stereocenters. The molecule has 0 heterocycles. The van der Waals surface area contributed by atoms with Crippen molar-refractivity contribution in [3.8, 4) is 0 Å². The van der Waals surface area contributed by atoms with Crippen LogP contribution in [0.15, 0.2) is 60.8 Å². The number of hydrogen-bond donors (Lipinski definition) is 1. The van der Waals surface area contributed by atoms with E-state index in [0.29, 0.717) is 19.3 Å². The van der Waals surface area contributed by atoms with E-state index in [0.717, 1.165) is 64.2 Å². The number of hydrogen-bond acceptors (Lipinski definition) is 6. The van der Waals surface area contributed by atoms with Crippen LogP contribution in [0, 0.1) is 0 Å². The summed E-state index contributed by atoms with van der Waals surface area (Å²) in [5.74, 6) is -1.49. The highest BCUT2D eigenvalue weighted by Crippen LogP contribution is 2.16. The molecule has 364 valence electrons.